The number of hydrogen-bond acceptors (Lipinski definition) is 5. The highest BCUT2D eigenvalue weighted by molar-refractivity contribution is 6.32. The lowest BCUT2D eigenvalue weighted by atomic mass is 10.0. The summed E-state index contributed by atoms with van der Waals surface area (Å²) in [6, 6.07) is 10.6. The molecule has 0 bridgehead atoms. The zero-order valence-corrected chi connectivity index (χ0v) is 16.0. The molecule has 0 amide bonds. The molecule has 3 rings (SSSR count). The molecule has 0 spiro atoms. The maximum absolute atomic E-state index is 6.39. The molecule has 1 aliphatic heterocycles. The van der Waals surface area contributed by atoms with Crippen molar-refractivity contribution >= 4 is 23.4 Å². The van der Waals surface area contributed by atoms with Crippen molar-refractivity contribution in [3.63, 3.8) is 0 Å². The minimum atomic E-state index is 0.0957. The van der Waals surface area contributed by atoms with E-state index in [2.05, 4.69) is 53.4 Å². The first-order chi connectivity index (χ1) is 12.7. The van der Waals surface area contributed by atoms with Crippen LogP contribution >= 0.6 is 11.6 Å². The number of nitrogens with one attached hydrogen (secondary N) is 1. The SMILES string of the molecule is CC/C=C\C(CC)Nc1ncc(Cl)c(N2OCC[C@@H]2c2ccccc2)n1. The van der Waals surface area contributed by atoms with Gasteiger partial charge in [-0.25, -0.2) is 10.0 Å². The molecule has 1 aliphatic rings. The average Bonchev–Trinajstić information content (AvgIpc) is 3.16. The van der Waals surface area contributed by atoms with Crippen molar-refractivity contribution in [2.45, 2.75) is 45.2 Å². The third kappa shape index (κ3) is 4.34. The van der Waals surface area contributed by atoms with Crippen LogP contribution < -0.4 is 10.4 Å². The van der Waals surface area contributed by atoms with Crippen LogP contribution in [0.2, 0.25) is 5.02 Å². The van der Waals surface area contributed by atoms with Crippen molar-refractivity contribution in [3.8, 4) is 0 Å². The van der Waals surface area contributed by atoms with Crippen LogP contribution in [-0.2, 0) is 4.84 Å². The van der Waals surface area contributed by atoms with E-state index in [0.29, 0.717) is 23.4 Å². The molecule has 5 nitrogen and oxygen atoms in total. The summed E-state index contributed by atoms with van der Waals surface area (Å²) < 4.78 is 0. The predicted molar refractivity (Wildman–Crippen MR) is 106 cm³/mol. The molecular formula is C20H25ClN4O. The molecule has 2 heterocycles. The summed E-state index contributed by atoms with van der Waals surface area (Å²) >= 11 is 6.39. The third-order valence-corrected chi connectivity index (χ3v) is 4.65. The summed E-state index contributed by atoms with van der Waals surface area (Å²) in [5.41, 5.74) is 1.19. The van der Waals surface area contributed by atoms with Crippen LogP contribution in [0.1, 0.15) is 44.7 Å². The predicted octanol–water partition coefficient (Wildman–Crippen LogP) is 5.17. The van der Waals surface area contributed by atoms with Crippen LogP contribution in [0.25, 0.3) is 0 Å². The Morgan fingerprint density at radius 2 is 2.15 bits per heavy atom. The van der Waals surface area contributed by atoms with Gasteiger partial charge in [-0.05, 0) is 18.4 Å². The van der Waals surface area contributed by atoms with Crippen molar-refractivity contribution in [1.29, 1.82) is 0 Å². The Morgan fingerprint density at radius 1 is 1.35 bits per heavy atom. The minimum Gasteiger partial charge on any atom is -0.348 e. The van der Waals surface area contributed by atoms with Gasteiger partial charge in [0.1, 0.15) is 5.02 Å². The average molecular weight is 373 g/mol. The highest BCUT2D eigenvalue weighted by Crippen LogP contribution is 2.37. The first-order valence-corrected chi connectivity index (χ1v) is 9.53. The van der Waals surface area contributed by atoms with E-state index in [-0.39, 0.29) is 12.1 Å². The number of halogens is 1. The summed E-state index contributed by atoms with van der Waals surface area (Å²) in [6.07, 6.45) is 8.77. The van der Waals surface area contributed by atoms with Crippen LogP contribution in [-0.4, -0.2) is 22.6 Å². The second-order valence-corrected chi connectivity index (χ2v) is 6.64. The Bertz CT molecular complexity index is 738. The fourth-order valence-electron chi connectivity index (χ4n) is 2.99. The summed E-state index contributed by atoms with van der Waals surface area (Å²) in [4.78, 5) is 14.8. The standard InChI is InChI=1S/C20H25ClN4O/c1-3-5-11-16(4-2)23-20-22-14-17(21)19(24-20)25-18(12-13-26-25)15-9-7-6-8-10-15/h5-11,14,16,18H,3-4,12-13H2,1-2H3,(H,22,23,24)/b11-5-/t16?,18-/m1/s1. The Labute approximate surface area is 160 Å². The molecule has 2 atom stereocenters. The summed E-state index contributed by atoms with van der Waals surface area (Å²) in [5.74, 6) is 1.16. The smallest absolute Gasteiger partial charge is 0.225 e. The van der Waals surface area contributed by atoms with E-state index in [1.807, 2.05) is 23.3 Å². The van der Waals surface area contributed by atoms with Gasteiger partial charge in [0.25, 0.3) is 0 Å². The third-order valence-electron chi connectivity index (χ3n) is 4.38. The summed E-state index contributed by atoms with van der Waals surface area (Å²) in [6.45, 7) is 4.89. The zero-order valence-electron chi connectivity index (χ0n) is 15.2. The quantitative estimate of drug-likeness (QED) is 0.679. The van der Waals surface area contributed by atoms with Crippen LogP contribution in [0, 0.1) is 0 Å². The maximum atomic E-state index is 6.39. The largest absolute Gasteiger partial charge is 0.348 e. The van der Waals surface area contributed by atoms with E-state index in [1.165, 1.54) is 5.56 Å². The molecule has 1 saturated heterocycles. The molecular weight excluding hydrogens is 348 g/mol. The van der Waals surface area contributed by atoms with Gasteiger partial charge in [0.05, 0.1) is 18.8 Å². The molecule has 138 valence electrons. The van der Waals surface area contributed by atoms with Gasteiger partial charge < -0.3 is 5.32 Å². The van der Waals surface area contributed by atoms with E-state index in [9.17, 15) is 0 Å². The first-order valence-electron chi connectivity index (χ1n) is 9.15. The van der Waals surface area contributed by atoms with Gasteiger partial charge in [-0.15, -0.1) is 0 Å². The van der Waals surface area contributed by atoms with Gasteiger partial charge in [0.2, 0.25) is 5.95 Å². The Hall–Kier alpha value is -2.11. The number of hydroxylamine groups is 1. The van der Waals surface area contributed by atoms with Gasteiger partial charge in [-0.2, -0.15) is 4.98 Å². The van der Waals surface area contributed by atoms with Crippen molar-refractivity contribution in [2.24, 2.45) is 0 Å². The number of aromatic nitrogens is 2. The van der Waals surface area contributed by atoms with E-state index < -0.39 is 0 Å². The van der Waals surface area contributed by atoms with Crippen LogP contribution in [0.4, 0.5) is 11.8 Å². The number of nitrogens with zero attached hydrogens (tertiary/aromatic N) is 3. The first kappa shape index (κ1) is 18.7. The molecule has 1 unspecified atom stereocenters. The van der Waals surface area contributed by atoms with E-state index >= 15 is 0 Å². The molecule has 6 heteroatoms. The molecule has 1 N–H and O–H groups in total. The number of hydrogen-bond donors (Lipinski definition) is 1. The topological polar surface area (TPSA) is 50.3 Å². The second kappa shape index (κ2) is 9.01. The number of benzene rings is 1. The van der Waals surface area contributed by atoms with Crippen LogP contribution in [0.15, 0.2) is 48.7 Å². The lowest BCUT2D eigenvalue weighted by Gasteiger charge is -2.25. The van der Waals surface area contributed by atoms with Gasteiger partial charge in [-0.1, -0.05) is 67.9 Å². The van der Waals surface area contributed by atoms with E-state index in [1.54, 1.807) is 6.20 Å². The van der Waals surface area contributed by atoms with Crippen molar-refractivity contribution in [3.05, 3.63) is 59.3 Å². The van der Waals surface area contributed by atoms with Gasteiger partial charge in [0.15, 0.2) is 5.82 Å². The number of anilines is 2. The highest BCUT2D eigenvalue weighted by atomic mass is 35.5. The van der Waals surface area contributed by atoms with E-state index in [4.69, 9.17) is 16.4 Å². The second-order valence-electron chi connectivity index (χ2n) is 6.23. The molecule has 2 aromatic rings. The lowest BCUT2D eigenvalue weighted by Crippen LogP contribution is -2.24. The Morgan fingerprint density at radius 3 is 2.88 bits per heavy atom. The molecule has 26 heavy (non-hydrogen) atoms. The monoisotopic (exact) mass is 372 g/mol. The van der Waals surface area contributed by atoms with Gasteiger partial charge in [-0.3, -0.25) is 4.84 Å². The van der Waals surface area contributed by atoms with Crippen molar-refractivity contribution in [1.82, 2.24) is 9.97 Å². The number of rotatable bonds is 7. The van der Waals surface area contributed by atoms with E-state index in [0.717, 1.165) is 19.3 Å². The van der Waals surface area contributed by atoms with Gasteiger partial charge in [0, 0.05) is 12.5 Å². The molecule has 0 radical (unpaired) electrons. The van der Waals surface area contributed by atoms with Gasteiger partial charge >= 0.3 is 0 Å². The zero-order chi connectivity index (χ0) is 18.4. The highest BCUT2D eigenvalue weighted by Gasteiger charge is 2.30. The molecule has 1 aromatic carbocycles. The summed E-state index contributed by atoms with van der Waals surface area (Å²) in [7, 11) is 0. The van der Waals surface area contributed by atoms with Crippen LogP contribution in [0.5, 0.6) is 0 Å². The van der Waals surface area contributed by atoms with Crippen molar-refractivity contribution < 1.29 is 4.84 Å². The lowest BCUT2D eigenvalue weighted by molar-refractivity contribution is 0.157. The molecule has 0 saturated carbocycles. The fourth-order valence-corrected chi connectivity index (χ4v) is 3.16. The normalized spacial score (nSPS) is 18.4. The molecule has 1 aromatic heterocycles. The maximum Gasteiger partial charge on any atom is 0.225 e. The fraction of sp³-hybridized carbons (Fsp3) is 0.400. The Balaban J connectivity index is 1.84. The number of allylic oxidation sites excluding steroid dienone is 1. The Kier molecular flexibility index (Phi) is 6.47. The summed E-state index contributed by atoms with van der Waals surface area (Å²) in [5, 5.41) is 5.65. The molecule has 1 fully saturated rings. The minimum absolute atomic E-state index is 0.0957. The van der Waals surface area contributed by atoms with Crippen LogP contribution in [0.3, 0.4) is 0 Å². The molecule has 0 aliphatic carbocycles. The van der Waals surface area contributed by atoms with Crippen molar-refractivity contribution in [2.75, 3.05) is 17.0 Å².